The topological polar surface area (TPSA) is 56.0 Å². The maximum absolute atomic E-state index is 12.6. The summed E-state index contributed by atoms with van der Waals surface area (Å²) in [5.74, 6) is 0. The molecule has 1 aromatic rings. The Bertz CT molecular complexity index is 488. The first-order valence-corrected chi connectivity index (χ1v) is 5.76. The van der Waals surface area contributed by atoms with Crippen LogP contribution in [0.3, 0.4) is 0 Å². The normalized spacial score (nSPS) is 14.6. The van der Waals surface area contributed by atoms with Crippen molar-refractivity contribution in [2.45, 2.75) is 32.0 Å². The van der Waals surface area contributed by atoms with Crippen molar-refractivity contribution in [3.05, 3.63) is 29.3 Å². The van der Waals surface area contributed by atoms with Crippen LogP contribution in [0, 0.1) is 11.3 Å². The van der Waals surface area contributed by atoms with Crippen LogP contribution >= 0.6 is 0 Å². The molecule has 0 heterocycles. The molecule has 0 bridgehead atoms. The molecule has 0 spiro atoms. The maximum Gasteiger partial charge on any atom is 0.417 e. The van der Waals surface area contributed by atoms with Crippen molar-refractivity contribution < 1.29 is 18.3 Å². The zero-order chi connectivity index (χ0) is 14.7. The van der Waals surface area contributed by atoms with Gasteiger partial charge < -0.3 is 10.4 Å². The Kier molecular flexibility index (Phi) is 4.43. The van der Waals surface area contributed by atoms with Crippen LogP contribution in [0.1, 0.15) is 31.4 Å². The highest BCUT2D eigenvalue weighted by Crippen LogP contribution is 2.33. The van der Waals surface area contributed by atoms with Crippen LogP contribution in [0.4, 0.5) is 18.9 Å². The molecular weight excluding hydrogens is 257 g/mol. The van der Waals surface area contributed by atoms with Gasteiger partial charge in [0, 0.05) is 5.69 Å². The summed E-state index contributed by atoms with van der Waals surface area (Å²) in [5, 5.41) is 21.0. The summed E-state index contributed by atoms with van der Waals surface area (Å²) < 4.78 is 37.9. The number of aliphatic hydroxyl groups excluding tert-OH is 1. The van der Waals surface area contributed by atoms with Crippen molar-refractivity contribution >= 4 is 5.69 Å². The molecule has 0 saturated carbocycles. The molecular formula is C13H15F3N2O. The predicted octanol–water partition coefficient (Wildman–Crippen LogP) is 3.15. The first-order chi connectivity index (χ1) is 8.75. The van der Waals surface area contributed by atoms with E-state index in [-0.39, 0.29) is 6.61 Å². The van der Waals surface area contributed by atoms with Crippen LogP contribution in [0.2, 0.25) is 0 Å². The average molecular weight is 272 g/mol. The lowest BCUT2D eigenvalue weighted by Crippen LogP contribution is -2.37. The molecule has 2 N–H and O–H groups in total. The number of hydrogen-bond acceptors (Lipinski definition) is 3. The fourth-order valence-electron chi connectivity index (χ4n) is 1.55. The Morgan fingerprint density at radius 1 is 1.37 bits per heavy atom. The van der Waals surface area contributed by atoms with Gasteiger partial charge in [0.1, 0.15) is 0 Å². The lowest BCUT2D eigenvalue weighted by Gasteiger charge is -2.28. The molecule has 0 aliphatic carbocycles. The van der Waals surface area contributed by atoms with Gasteiger partial charge in [-0.1, -0.05) is 6.92 Å². The Hall–Kier alpha value is -1.74. The van der Waals surface area contributed by atoms with Gasteiger partial charge in [-0.25, -0.2) is 0 Å². The Morgan fingerprint density at radius 3 is 2.42 bits per heavy atom. The highest BCUT2D eigenvalue weighted by atomic mass is 19.4. The van der Waals surface area contributed by atoms with Crippen molar-refractivity contribution in [3.8, 4) is 6.07 Å². The van der Waals surface area contributed by atoms with E-state index < -0.39 is 22.8 Å². The lowest BCUT2D eigenvalue weighted by molar-refractivity contribution is -0.137. The summed E-state index contributed by atoms with van der Waals surface area (Å²) in [7, 11) is 0. The van der Waals surface area contributed by atoms with Crippen molar-refractivity contribution in [2.75, 3.05) is 11.9 Å². The molecule has 104 valence electrons. The third-order valence-corrected chi connectivity index (χ3v) is 3.02. The second kappa shape index (κ2) is 5.49. The first-order valence-electron chi connectivity index (χ1n) is 5.76. The molecule has 0 amide bonds. The molecule has 1 aromatic carbocycles. The van der Waals surface area contributed by atoms with Crippen LogP contribution in [0.15, 0.2) is 18.2 Å². The van der Waals surface area contributed by atoms with E-state index >= 15 is 0 Å². The highest BCUT2D eigenvalue weighted by molar-refractivity contribution is 5.54. The van der Waals surface area contributed by atoms with Gasteiger partial charge in [-0.05, 0) is 31.5 Å². The van der Waals surface area contributed by atoms with E-state index in [1.54, 1.807) is 13.0 Å². The van der Waals surface area contributed by atoms with Crippen molar-refractivity contribution in [1.82, 2.24) is 0 Å². The number of alkyl halides is 3. The van der Waals surface area contributed by atoms with E-state index in [1.807, 2.05) is 6.92 Å². The smallest absolute Gasteiger partial charge is 0.394 e. The molecule has 1 unspecified atom stereocenters. The second-order valence-electron chi connectivity index (χ2n) is 4.57. The number of anilines is 1. The largest absolute Gasteiger partial charge is 0.417 e. The number of hydrogen-bond donors (Lipinski definition) is 2. The van der Waals surface area contributed by atoms with Crippen molar-refractivity contribution in [3.63, 3.8) is 0 Å². The Balaban J connectivity index is 3.12. The minimum absolute atomic E-state index is 0.160. The number of benzene rings is 1. The first kappa shape index (κ1) is 15.3. The number of rotatable bonds is 4. The average Bonchev–Trinajstić information content (AvgIpc) is 2.37. The standard InChI is InChI=1S/C13H15F3N2O/c1-3-12(2,8-19)18-10-4-5-11(13(14,15)16)9(6-10)7-17/h4-6,18-19H,3,8H2,1-2H3. The summed E-state index contributed by atoms with van der Waals surface area (Å²) in [5.41, 5.74) is -1.65. The molecule has 0 aromatic heterocycles. The van der Waals surface area contributed by atoms with Gasteiger partial charge in [0.25, 0.3) is 0 Å². The molecule has 0 aliphatic rings. The van der Waals surface area contributed by atoms with Gasteiger partial charge in [0.2, 0.25) is 0 Å². The number of aliphatic hydroxyl groups is 1. The Labute approximate surface area is 109 Å². The van der Waals surface area contributed by atoms with E-state index in [2.05, 4.69) is 5.32 Å². The van der Waals surface area contributed by atoms with Crippen LogP contribution in [-0.4, -0.2) is 17.3 Å². The van der Waals surface area contributed by atoms with E-state index in [0.717, 1.165) is 12.1 Å². The van der Waals surface area contributed by atoms with Gasteiger partial charge in [0.05, 0.1) is 29.3 Å². The maximum atomic E-state index is 12.6. The molecule has 0 saturated heterocycles. The number of nitrogens with zero attached hydrogens (tertiary/aromatic N) is 1. The summed E-state index contributed by atoms with van der Waals surface area (Å²) in [6, 6.07) is 4.81. The van der Waals surface area contributed by atoms with Gasteiger partial charge in [-0.3, -0.25) is 0 Å². The summed E-state index contributed by atoms with van der Waals surface area (Å²) in [6.07, 6.45) is -3.96. The van der Waals surface area contributed by atoms with E-state index in [1.165, 1.54) is 6.07 Å². The van der Waals surface area contributed by atoms with Crippen LogP contribution in [0.25, 0.3) is 0 Å². The van der Waals surface area contributed by atoms with Crippen LogP contribution < -0.4 is 5.32 Å². The van der Waals surface area contributed by atoms with Gasteiger partial charge in [-0.15, -0.1) is 0 Å². The molecule has 3 nitrogen and oxygen atoms in total. The highest BCUT2D eigenvalue weighted by Gasteiger charge is 2.33. The van der Waals surface area contributed by atoms with Crippen molar-refractivity contribution in [1.29, 1.82) is 5.26 Å². The fraction of sp³-hybridized carbons (Fsp3) is 0.462. The molecule has 19 heavy (non-hydrogen) atoms. The number of nitrogens with one attached hydrogen (secondary N) is 1. The summed E-state index contributed by atoms with van der Waals surface area (Å²) in [4.78, 5) is 0. The summed E-state index contributed by atoms with van der Waals surface area (Å²) >= 11 is 0. The zero-order valence-corrected chi connectivity index (χ0v) is 10.7. The minimum atomic E-state index is -4.55. The molecule has 0 radical (unpaired) electrons. The predicted molar refractivity (Wildman–Crippen MR) is 65.6 cm³/mol. The molecule has 1 rings (SSSR count). The van der Waals surface area contributed by atoms with E-state index in [4.69, 9.17) is 5.26 Å². The summed E-state index contributed by atoms with van der Waals surface area (Å²) in [6.45, 7) is 3.43. The van der Waals surface area contributed by atoms with Crippen LogP contribution in [0.5, 0.6) is 0 Å². The van der Waals surface area contributed by atoms with E-state index in [0.29, 0.717) is 12.1 Å². The number of halogens is 3. The second-order valence-corrected chi connectivity index (χ2v) is 4.57. The van der Waals surface area contributed by atoms with Gasteiger partial charge in [-0.2, -0.15) is 18.4 Å². The van der Waals surface area contributed by atoms with E-state index in [9.17, 15) is 18.3 Å². The quantitative estimate of drug-likeness (QED) is 0.885. The zero-order valence-electron chi connectivity index (χ0n) is 10.7. The molecule has 0 aliphatic heterocycles. The lowest BCUT2D eigenvalue weighted by atomic mass is 9.99. The Morgan fingerprint density at radius 2 is 2.00 bits per heavy atom. The SMILES string of the molecule is CCC(C)(CO)Nc1ccc(C(F)(F)F)c(C#N)c1. The van der Waals surface area contributed by atoms with Crippen molar-refractivity contribution in [2.24, 2.45) is 0 Å². The third kappa shape index (κ3) is 3.61. The number of nitriles is 1. The minimum Gasteiger partial charge on any atom is -0.394 e. The van der Waals surface area contributed by atoms with Gasteiger partial charge in [0.15, 0.2) is 0 Å². The molecule has 1 atom stereocenters. The molecule has 0 fully saturated rings. The molecule has 6 heteroatoms. The third-order valence-electron chi connectivity index (χ3n) is 3.02. The van der Waals surface area contributed by atoms with Gasteiger partial charge >= 0.3 is 6.18 Å². The van der Waals surface area contributed by atoms with Crippen LogP contribution in [-0.2, 0) is 6.18 Å². The fourth-order valence-corrected chi connectivity index (χ4v) is 1.55. The monoisotopic (exact) mass is 272 g/mol.